The first-order chi connectivity index (χ1) is 16.1. The maximum atomic E-state index is 12.7. The van der Waals surface area contributed by atoms with E-state index in [1.807, 2.05) is 30.6 Å². The molecular formula is C25H26Cl2N4O2. The Morgan fingerprint density at radius 2 is 1.88 bits per heavy atom. The Morgan fingerprint density at radius 3 is 2.61 bits per heavy atom. The van der Waals surface area contributed by atoms with Crippen LogP contribution in [0, 0.1) is 5.92 Å². The standard InChI is InChI=1S/C25H26Cl2N4O2/c26-20-2-3-21(29-17-20)9-14-33-24-15-19(1-4-23(24)27)25(32)30-16-18-7-12-31(13-8-18)22-5-10-28-11-6-22/h1-6,10-11,15,17-18H,7-9,12-14,16H2,(H,30,32). The molecule has 0 aliphatic carbocycles. The summed E-state index contributed by atoms with van der Waals surface area (Å²) in [5.74, 6) is 0.832. The smallest absolute Gasteiger partial charge is 0.251 e. The van der Waals surface area contributed by atoms with E-state index in [0.717, 1.165) is 31.6 Å². The lowest BCUT2D eigenvalue weighted by molar-refractivity contribution is 0.0944. The van der Waals surface area contributed by atoms with Gasteiger partial charge in [0.15, 0.2) is 0 Å². The lowest BCUT2D eigenvalue weighted by atomic mass is 9.96. The van der Waals surface area contributed by atoms with Crippen molar-refractivity contribution in [3.8, 4) is 5.75 Å². The maximum absolute atomic E-state index is 12.7. The van der Waals surface area contributed by atoms with E-state index in [1.54, 1.807) is 30.5 Å². The lowest BCUT2D eigenvalue weighted by Gasteiger charge is -2.33. The molecule has 6 nitrogen and oxygen atoms in total. The van der Waals surface area contributed by atoms with Gasteiger partial charge in [-0.25, -0.2) is 0 Å². The highest BCUT2D eigenvalue weighted by Crippen LogP contribution is 2.26. The first-order valence-electron chi connectivity index (χ1n) is 11.0. The van der Waals surface area contributed by atoms with Gasteiger partial charge in [0.2, 0.25) is 0 Å². The number of hydrogen-bond donors (Lipinski definition) is 1. The van der Waals surface area contributed by atoms with Crippen LogP contribution < -0.4 is 15.0 Å². The number of hydrogen-bond acceptors (Lipinski definition) is 5. The van der Waals surface area contributed by atoms with Gasteiger partial charge in [0.25, 0.3) is 5.91 Å². The number of piperidine rings is 1. The van der Waals surface area contributed by atoms with E-state index in [-0.39, 0.29) is 5.91 Å². The zero-order valence-corrected chi connectivity index (χ0v) is 19.7. The van der Waals surface area contributed by atoms with Crippen LogP contribution in [0.4, 0.5) is 5.69 Å². The highest BCUT2D eigenvalue weighted by Gasteiger charge is 2.20. The monoisotopic (exact) mass is 484 g/mol. The number of benzene rings is 1. The number of nitrogens with one attached hydrogen (secondary N) is 1. The third-order valence-electron chi connectivity index (χ3n) is 5.79. The van der Waals surface area contributed by atoms with E-state index >= 15 is 0 Å². The van der Waals surface area contributed by atoms with Gasteiger partial charge in [-0.15, -0.1) is 0 Å². The Bertz CT molecular complexity index is 1060. The molecule has 1 saturated heterocycles. The molecule has 1 aliphatic rings. The van der Waals surface area contributed by atoms with Gasteiger partial charge in [0, 0.05) is 61.6 Å². The van der Waals surface area contributed by atoms with Crippen LogP contribution >= 0.6 is 23.2 Å². The summed E-state index contributed by atoms with van der Waals surface area (Å²) in [5.41, 5.74) is 2.61. The summed E-state index contributed by atoms with van der Waals surface area (Å²) in [6.45, 7) is 3.01. The summed E-state index contributed by atoms with van der Waals surface area (Å²) in [5, 5.41) is 4.14. The van der Waals surface area contributed by atoms with Crippen molar-refractivity contribution in [3.63, 3.8) is 0 Å². The minimum atomic E-state index is -0.118. The zero-order chi connectivity index (χ0) is 23.0. The van der Waals surface area contributed by atoms with Crippen LogP contribution in [0.2, 0.25) is 10.0 Å². The average Bonchev–Trinajstić information content (AvgIpc) is 2.86. The molecule has 1 amide bonds. The van der Waals surface area contributed by atoms with Crippen molar-refractivity contribution in [1.29, 1.82) is 0 Å². The Balaban J connectivity index is 1.25. The molecule has 33 heavy (non-hydrogen) atoms. The van der Waals surface area contributed by atoms with Gasteiger partial charge in [-0.1, -0.05) is 23.2 Å². The predicted molar refractivity (Wildman–Crippen MR) is 131 cm³/mol. The largest absolute Gasteiger partial charge is 0.492 e. The number of aromatic nitrogens is 2. The lowest BCUT2D eigenvalue weighted by Crippen LogP contribution is -2.38. The number of rotatable bonds is 8. The second-order valence-corrected chi connectivity index (χ2v) is 8.90. The number of halogens is 2. The molecule has 2 aromatic heterocycles. The van der Waals surface area contributed by atoms with Crippen LogP contribution in [0.25, 0.3) is 0 Å². The average molecular weight is 485 g/mol. The first-order valence-corrected chi connectivity index (χ1v) is 11.8. The summed E-state index contributed by atoms with van der Waals surface area (Å²) in [6, 6.07) is 12.8. The molecule has 1 fully saturated rings. The second-order valence-electron chi connectivity index (χ2n) is 8.06. The molecule has 0 unspecified atom stereocenters. The molecule has 1 aromatic carbocycles. The molecule has 0 spiro atoms. The molecule has 8 heteroatoms. The topological polar surface area (TPSA) is 67.4 Å². The molecule has 0 atom stereocenters. The molecule has 3 heterocycles. The van der Waals surface area contributed by atoms with E-state index in [0.29, 0.717) is 46.8 Å². The number of nitrogens with zero attached hydrogens (tertiary/aromatic N) is 3. The third-order valence-corrected chi connectivity index (χ3v) is 6.33. The zero-order valence-electron chi connectivity index (χ0n) is 18.2. The third kappa shape index (κ3) is 6.59. The molecular weight excluding hydrogens is 459 g/mol. The molecule has 172 valence electrons. The van der Waals surface area contributed by atoms with E-state index in [1.165, 1.54) is 5.69 Å². The van der Waals surface area contributed by atoms with Crippen molar-refractivity contribution in [2.45, 2.75) is 19.3 Å². The number of carbonyl (C=O) groups is 1. The number of pyridine rings is 2. The number of amides is 1. The van der Waals surface area contributed by atoms with E-state index in [2.05, 4.69) is 20.2 Å². The fourth-order valence-electron chi connectivity index (χ4n) is 3.86. The molecule has 0 saturated carbocycles. The van der Waals surface area contributed by atoms with Gasteiger partial charge in [-0.3, -0.25) is 14.8 Å². The highest BCUT2D eigenvalue weighted by molar-refractivity contribution is 6.32. The van der Waals surface area contributed by atoms with Crippen molar-refractivity contribution in [2.24, 2.45) is 5.92 Å². The SMILES string of the molecule is O=C(NCC1CCN(c2ccncc2)CC1)c1ccc(Cl)c(OCCc2ccc(Cl)cn2)c1. The summed E-state index contributed by atoms with van der Waals surface area (Å²) in [6.07, 6.45) is 7.94. The van der Waals surface area contributed by atoms with Crippen molar-refractivity contribution < 1.29 is 9.53 Å². The molecule has 4 rings (SSSR count). The Labute approximate surface area is 203 Å². The van der Waals surface area contributed by atoms with Crippen molar-refractivity contribution in [1.82, 2.24) is 15.3 Å². The van der Waals surface area contributed by atoms with Gasteiger partial charge in [0.05, 0.1) is 16.7 Å². The Kier molecular flexibility index (Phi) is 8.02. The van der Waals surface area contributed by atoms with E-state index in [9.17, 15) is 4.79 Å². The van der Waals surface area contributed by atoms with Crippen molar-refractivity contribution in [3.05, 3.63) is 82.4 Å². The number of anilines is 1. The summed E-state index contributed by atoms with van der Waals surface area (Å²) >= 11 is 12.1. The minimum absolute atomic E-state index is 0.118. The fraction of sp³-hybridized carbons (Fsp3) is 0.320. The normalized spacial score (nSPS) is 14.2. The highest BCUT2D eigenvalue weighted by atomic mass is 35.5. The van der Waals surface area contributed by atoms with Crippen molar-refractivity contribution in [2.75, 3.05) is 31.1 Å². The van der Waals surface area contributed by atoms with Crippen LogP contribution in [-0.2, 0) is 6.42 Å². The summed E-state index contributed by atoms with van der Waals surface area (Å²) < 4.78 is 5.82. The van der Waals surface area contributed by atoms with E-state index < -0.39 is 0 Å². The quantitative estimate of drug-likeness (QED) is 0.484. The second kappa shape index (κ2) is 11.3. The summed E-state index contributed by atoms with van der Waals surface area (Å²) in [7, 11) is 0. The minimum Gasteiger partial charge on any atom is -0.492 e. The Hall–Kier alpha value is -2.83. The van der Waals surface area contributed by atoms with Gasteiger partial charge in [-0.2, -0.15) is 0 Å². The molecule has 1 N–H and O–H groups in total. The van der Waals surface area contributed by atoms with Crippen LogP contribution in [0.1, 0.15) is 28.9 Å². The van der Waals surface area contributed by atoms with Crippen LogP contribution in [0.3, 0.4) is 0 Å². The molecule has 0 radical (unpaired) electrons. The summed E-state index contributed by atoms with van der Waals surface area (Å²) in [4.78, 5) is 23.4. The first kappa shape index (κ1) is 23.3. The van der Waals surface area contributed by atoms with E-state index in [4.69, 9.17) is 27.9 Å². The number of carbonyl (C=O) groups excluding carboxylic acids is 1. The van der Waals surface area contributed by atoms with Crippen LogP contribution in [0.5, 0.6) is 5.75 Å². The fourth-order valence-corrected chi connectivity index (χ4v) is 4.15. The molecule has 3 aromatic rings. The predicted octanol–water partition coefficient (Wildman–Crippen LogP) is 5.05. The number of ether oxygens (including phenoxy) is 1. The van der Waals surface area contributed by atoms with Gasteiger partial charge >= 0.3 is 0 Å². The van der Waals surface area contributed by atoms with Crippen LogP contribution in [0.15, 0.2) is 61.1 Å². The van der Waals surface area contributed by atoms with Crippen LogP contribution in [-0.4, -0.2) is 42.1 Å². The molecule has 0 bridgehead atoms. The van der Waals surface area contributed by atoms with Gasteiger partial charge < -0.3 is 15.0 Å². The van der Waals surface area contributed by atoms with Gasteiger partial charge in [-0.05, 0) is 61.2 Å². The Morgan fingerprint density at radius 1 is 1.09 bits per heavy atom. The molecule has 1 aliphatic heterocycles. The van der Waals surface area contributed by atoms with Crippen molar-refractivity contribution >= 4 is 34.8 Å². The maximum Gasteiger partial charge on any atom is 0.251 e. The van der Waals surface area contributed by atoms with Gasteiger partial charge in [0.1, 0.15) is 5.75 Å².